The second-order valence-electron chi connectivity index (χ2n) is 7.39. The Balaban J connectivity index is 1.51. The fraction of sp³-hybridized carbons (Fsp3) is 0.526. The standard InChI is InChI=1S/C19H25N5O2/c1-3-24-17(25)15(14-12-21-22(2)13-14)11-19(24)6-9-23(10-7-19)18(26)16-5-4-8-20-16/h4-5,8,12-13,15,20H,3,6-7,9-11H2,1-2H3. The lowest BCUT2D eigenvalue weighted by atomic mass is 9.81. The molecule has 2 saturated heterocycles. The van der Waals surface area contributed by atoms with Crippen LogP contribution in [0.15, 0.2) is 30.7 Å². The summed E-state index contributed by atoms with van der Waals surface area (Å²) in [6, 6.07) is 3.65. The zero-order valence-electron chi connectivity index (χ0n) is 15.3. The first-order valence-electron chi connectivity index (χ1n) is 9.27. The van der Waals surface area contributed by atoms with E-state index in [0.29, 0.717) is 25.3 Å². The van der Waals surface area contributed by atoms with Crippen LogP contribution >= 0.6 is 0 Å². The lowest BCUT2D eigenvalue weighted by Gasteiger charge is -2.44. The summed E-state index contributed by atoms with van der Waals surface area (Å²) in [5.74, 6) is 0.125. The number of amides is 2. The van der Waals surface area contributed by atoms with Crippen LogP contribution in [0.3, 0.4) is 0 Å². The third-order valence-corrected chi connectivity index (χ3v) is 5.97. The highest BCUT2D eigenvalue weighted by atomic mass is 16.2. The van der Waals surface area contributed by atoms with Gasteiger partial charge < -0.3 is 14.8 Å². The number of nitrogens with zero attached hydrogens (tertiary/aromatic N) is 4. The minimum absolute atomic E-state index is 0.0426. The van der Waals surface area contributed by atoms with E-state index in [-0.39, 0.29) is 23.3 Å². The summed E-state index contributed by atoms with van der Waals surface area (Å²) in [5.41, 5.74) is 1.49. The summed E-state index contributed by atoms with van der Waals surface area (Å²) in [6.07, 6.45) is 7.99. The van der Waals surface area contributed by atoms with Gasteiger partial charge in [-0.3, -0.25) is 14.3 Å². The Labute approximate surface area is 153 Å². The highest BCUT2D eigenvalue weighted by Crippen LogP contribution is 2.45. The maximum atomic E-state index is 13.0. The zero-order valence-corrected chi connectivity index (χ0v) is 15.3. The van der Waals surface area contributed by atoms with E-state index in [9.17, 15) is 9.59 Å². The Hall–Kier alpha value is -2.57. The number of likely N-dealkylation sites (N-methyl/N-ethyl adjacent to an activating group) is 1. The molecule has 26 heavy (non-hydrogen) atoms. The lowest BCUT2D eigenvalue weighted by Crippen LogP contribution is -2.54. The van der Waals surface area contributed by atoms with Crippen LogP contribution in [-0.2, 0) is 11.8 Å². The van der Waals surface area contributed by atoms with E-state index in [1.165, 1.54) is 0 Å². The van der Waals surface area contributed by atoms with Gasteiger partial charge in [-0.1, -0.05) is 0 Å². The van der Waals surface area contributed by atoms with E-state index in [1.807, 2.05) is 42.1 Å². The van der Waals surface area contributed by atoms with Gasteiger partial charge in [-0.2, -0.15) is 5.10 Å². The number of aromatic amines is 1. The molecule has 138 valence electrons. The molecule has 2 aliphatic rings. The Morgan fingerprint density at radius 1 is 1.38 bits per heavy atom. The molecule has 2 fully saturated rings. The fourth-order valence-corrected chi connectivity index (χ4v) is 4.60. The van der Waals surface area contributed by atoms with Gasteiger partial charge in [0.2, 0.25) is 5.91 Å². The molecule has 0 bridgehead atoms. The van der Waals surface area contributed by atoms with Gasteiger partial charge >= 0.3 is 0 Å². The van der Waals surface area contributed by atoms with E-state index in [2.05, 4.69) is 10.1 Å². The predicted octanol–water partition coefficient (Wildman–Crippen LogP) is 1.76. The number of piperidine rings is 1. The number of H-pyrrole nitrogens is 1. The van der Waals surface area contributed by atoms with Crippen LogP contribution in [0.2, 0.25) is 0 Å². The van der Waals surface area contributed by atoms with Crippen LogP contribution in [0.25, 0.3) is 0 Å². The summed E-state index contributed by atoms with van der Waals surface area (Å²) < 4.78 is 1.75. The number of rotatable bonds is 3. The summed E-state index contributed by atoms with van der Waals surface area (Å²) in [5, 5.41) is 4.23. The Morgan fingerprint density at radius 3 is 2.73 bits per heavy atom. The molecule has 0 radical (unpaired) electrons. The van der Waals surface area contributed by atoms with Crippen LogP contribution in [0.5, 0.6) is 0 Å². The van der Waals surface area contributed by atoms with Crippen molar-refractivity contribution in [3.8, 4) is 0 Å². The maximum absolute atomic E-state index is 13.0. The molecule has 0 saturated carbocycles. The van der Waals surface area contributed by atoms with Crippen molar-refractivity contribution in [1.82, 2.24) is 24.6 Å². The largest absolute Gasteiger partial charge is 0.357 e. The topological polar surface area (TPSA) is 74.2 Å². The number of likely N-dealkylation sites (tertiary alicyclic amines) is 2. The van der Waals surface area contributed by atoms with Crippen LogP contribution in [0.4, 0.5) is 0 Å². The van der Waals surface area contributed by atoms with E-state index >= 15 is 0 Å². The molecule has 1 atom stereocenters. The van der Waals surface area contributed by atoms with Gasteiger partial charge in [0.25, 0.3) is 5.91 Å². The number of nitrogens with one attached hydrogen (secondary N) is 1. The maximum Gasteiger partial charge on any atom is 0.270 e. The molecule has 4 heterocycles. The lowest BCUT2D eigenvalue weighted by molar-refractivity contribution is -0.133. The van der Waals surface area contributed by atoms with Gasteiger partial charge in [0.1, 0.15) is 5.69 Å². The Morgan fingerprint density at radius 2 is 2.15 bits per heavy atom. The molecule has 7 nitrogen and oxygen atoms in total. The first-order chi connectivity index (χ1) is 12.5. The molecule has 0 aliphatic carbocycles. The van der Waals surface area contributed by atoms with Crippen molar-refractivity contribution in [3.63, 3.8) is 0 Å². The summed E-state index contributed by atoms with van der Waals surface area (Å²) >= 11 is 0. The summed E-state index contributed by atoms with van der Waals surface area (Å²) in [7, 11) is 1.88. The van der Waals surface area contributed by atoms with E-state index in [0.717, 1.165) is 24.8 Å². The summed E-state index contributed by atoms with van der Waals surface area (Å²) in [4.78, 5) is 32.5. The van der Waals surface area contributed by atoms with Crippen LogP contribution in [0, 0.1) is 0 Å². The van der Waals surface area contributed by atoms with E-state index in [1.54, 1.807) is 17.1 Å². The van der Waals surface area contributed by atoms with E-state index in [4.69, 9.17) is 0 Å². The number of aromatic nitrogens is 3. The molecule has 2 amide bonds. The second kappa shape index (κ2) is 6.30. The van der Waals surface area contributed by atoms with Gasteiger partial charge in [-0.25, -0.2) is 0 Å². The van der Waals surface area contributed by atoms with E-state index < -0.39 is 0 Å². The van der Waals surface area contributed by atoms with Gasteiger partial charge in [0, 0.05) is 50.2 Å². The van der Waals surface area contributed by atoms with Crippen LogP contribution in [0.1, 0.15) is 48.2 Å². The third-order valence-electron chi connectivity index (χ3n) is 5.97. The highest BCUT2D eigenvalue weighted by Gasteiger charge is 2.52. The zero-order chi connectivity index (χ0) is 18.3. The van der Waals surface area contributed by atoms with Crippen molar-refractivity contribution in [2.45, 2.75) is 37.6 Å². The quantitative estimate of drug-likeness (QED) is 0.912. The van der Waals surface area contributed by atoms with Gasteiger partial charge in [-0.15, -0.1) is 0 Å². The van der Waals surface area contributed by atoms with Crippen molar-refractivity contribution in [2.24, 2.45) is 7.05 Å². The monoisotopic (exact) mass is 355 g/mol. The van der Waals surface area contributed by atoms with Crippen molar-refractivity contribution in [3.05, 3.63) is 42.0 Å². The molecular weight excluding hydrogens is 330 g/mol. The average molecular weight is 355 g/mol. The Kier molecular flexibility index (Phi) is 4.09. The normalized spacial score (nSPS) is 22.4. The fourth-order valence-electron chi connectivity index (χ4n) is 4.60. The Bertz CT molecular complexity index is 802. The molecule has 4 rings (SSSR count). The molecule has 1 unspecified atom stereocenters. The number of hydrogen-bond acceptors (Lipinski definition) is 3. The smallest absolute Gasteiger partial charge is 0.270 e. The first-order valence-corrected chi connectivity index (χ1v) is 9.27. The first kappa shape index (κ1) is 16.9. The molecule has 7 heteroatoms. The number of carbonyl (C=O) groups excluding carboxylic acids is 2. The SMILES string of the molecule is CCN1C(=O)C(c2cnn(C)c2)CC12CCN(C(=O)c1ccc[nH]1)CC2. The van der Waals surface area contributed by atoms with Crippen molar-refractivity contribution < 1.29 is 9.59 Å². The number of carbonyl (C=O) groups is 2. The minimum Gasteiger partial charge on any atom is -0.357 e. The van der Waals surface area contributed by atoms with Gasteiger partial charge in [-0.05, 0) is 38.3 Å². The van der Waals surface area contributed by atoms with Crippen LogP contribution in [-0.4, -0.2) is 61.6 Å². The number of aryl methyl sites for hydroxylation is 1. The van der Waals surface area contributed by atoms with Crippen molar-refractivity contribution in [1.29, 1.82) is 0 Å². The molecule has 1 N–H and O–H groups in total. The molecule has 2 aromatic heterocycles. The van der Waals surface area contributed by atoms with Crippen molar-refractivity contribution >= 4 is 11.8 Å². The van der Waals surface area contributed by atoms with Crippen LogP contribution < -0.4 is 0 Å². The third kappa shape index (κ3) is 2.62. The molecule has 0 aromatic carbocycles. The highest BCUT2D eigenvalue weighted by molar-refractivity contribution is 5.92. The molecular formula is C19H25N5O2. The molecule has 2 aromatic rings. The minimum atomic E-state index is -0.140. The van der Waals surface area contributed by atoms with Crippen molar-refractivity contribution in [2.75, 3.05) is 19.6 Å². The van der Waals surface area contributed by atoms with Gasteiger partial charge in [0.15, 0.2) is 0 Å². The average Bonchev–Trinajstić information content (AvgIpc) is 3.36. The predicted molar refractivity (Wildman–Crippen MR) is 96.6 cm³/mol. The molecule has 1 spiro atoms. The second-order valence-corrected chi connectivity index (χ2v) is 7.39. The summed E-state index contributed by atoms with van der Waals surface area (Å²) in [6.45, 7) is 4.12. The number of hydrogen-bond donors (Lipinski definition) is 1. The molecule has 2 aliphatic heterocycles. The van der Waals surface area contributed by atoms with Gasteiger partial charge in [0.05, 0.1) is 12.1 Å².